The first-order valence-electron chi connectivity index (χ1n) is 5.92. The van der Waals surface area contributed by atoms with Crippen molar-refractivity contribution in [3.8, 4) is 5.75 Å². The van der Waals surface area contributed by atoms with E-state index in [-0.39, 0.29) is 0 Å². The molecule has 3 nitrogen and oxygen atoms in total. The zero-order valence-electron chi connectivity index (χ0n) is 10.9. The minimum atomic E-state index is 0.741. The van der Waals surface area contributed by atoms with Crippen LogP contribution in [0.15, 0.2) is 23.1 Å². The van der Waals surface area contributed by atoms with Gasteiger partial charge in [0.05, 0.1) is 6.61 Å². The van der Waals surface area contributed by atoms with E-state index in [1.54, 1.807) is 0 Å². The summed E-state index contributed by atoms with van der Waals surface area (Å²) in [6.45, 7) is 3.90. The molecule has 1 aromatic rings. The highest BCUT2D eigenvalue weighted by Crippen LogP contribution is 2.26. The molecular weight excluding hydrogens is 232 g/mol. The highest BCUT2D eigenvalue weighted by atomic mass is 32.2. The topological polar surface area (TPSA) is 38.5 Å². The summed E-state index contributed by atoms with van der Waals surface area (Å²) in [5.74, 6) is 1.93. The highest BCUT2D eigenvalue weighted by Gasteiger charge is 2.01. The van der Waals surface area contributed by atoms with Gasteiger partial charge in [0.2, 0.25) is 0 Å². The van der Waals surface area contributed by atoms with E-state index >= 15 is 0 Å². The molecule has 0 spiro atoms. The molecule has 0 aliphatic carbocycles. The molecule has 0 aliphatic heterocycles. The largest absolute Gasteiger partial charge is 0.493 e. The summed E-state index contributed by atoms with van der Waals surface area (Å²) in [4.78, 5) is 3.35. The van der Waals surface area contributed by atoms with E-state index in [1.807, 2.05) is 23.9 Å². The standard InChI is InChI=1S/C13H22N2OS/c1-4-6-16-12-8-11(14)9-13(10-12)17-7-5-15(2)3/h8-10H,4-7,14H2,1-3H3. The summed E-state index contributed by atoms with van der Waals surface area (Å²) in [7, 11) is 4.16. The summed E-state index contributed by atoms with van der Waals surface area (Å²) >= 11 is 1.81. The highest BCUT2D eigenvalue weighted by molar-refractivity contribution is 7.99. The number of benzene rings is 1. The van der Waals surface area contributed by atoms with Gasteiger partial charge in [-0.2, -0.15) is 0 Å². The Labute approximate surface area is 108 Å². The maximum atomic E-state index is 5.86. The zero-order valence-corrected chi connectivity index (χ0v) is 11.7. The Morgan fingerprint density at radius 3 is 2.71 bits per heavy atom. The van der Waals surface area contributed by atoms with Crippen LogP contribution in [0.5, 0.6) is 5.75 Å². The van der Waals surface area contributed by atoms with Gasteiger partial charge in [-0.1, -0.05) is 6.92 Å². The Bertz CT molecular complexity index is 342. The third-order valence-corrected chi connectivity index (χ3v) is 3.14. The van der Waals surface area contributed by atoms with E-state index in [9.17, 15) is 0 Å². The first-order valence-corrected chi connectivity index (χ1v) is 6.91. The second-order valence-electron chi connectivity index (χ2n) is 4.24. The van der Waals surface area contributed by atoms with Gasteiger partial charge in [-0.25, -0.2) is 0 Å². The number of rotatable bonds is 7. The van der Waals surface area contributed by atoms with Crippen molar-refractivity contribution in [2.45, 2.75) is 18.2 Å². The van der Waals surface area contributed by atoms with Gasteiger partial charge in [-0.3, -0.25) is 0 Å². The molecule has 0 heterocycles. The van der Waals surface area contributed by atoms with Gasteiger partial charge in [0, 0.05) is 28.9 Å². The van der Waals surface area contributed by atoms with Crippen molar-refractivity contribution < 1.29 is 4.74 Å². The van der Waals surface area contributed by atoms with Crippen molar-refractivity contribution in [3.05, 3.63) is 18.2 Å². The normalized spacial score (nSPS) is 10.8. The van der Waals surface area contributed by atoms with Crippen molar-refractivity contribution in [3.63, 3.8) is 0 Å². The van der Waals surface area contributed by atoms with E-state index in [4.69, 9.17) is 10.5 Å². The molecule has 0 saturated heterocycles. The average Bonchev–Trinajstić information content (AvgIpc) is 2.25. The molecule has 2 N–H and O–H groups in total. The summed E-state index contributed by atoms with van der Waals surface area (Å²) in [6.07, 6.45) is 1.01. The molecule has 0 aromatic heterocycles. The van der Waals surface area contributed by atoms with Gasteiger partial charge >= 0.3 is 0 Å². The number of anilines is 1. The number of ether oxygens (including phenoxy) is 1. The fourth-order valence-electron chi connectivity index (χ4n) is 1.33. The van der Waals surface area contributed by atoms with E-state index in [0.29, 0.717) is 0 Å². The van der Waals surface area contributed by atoms with Gasteiger partial charge in [0.1, 0.15) is 5.75 Å². The van der Waals surface area contributed by atoms with Crippen LogP contribution in [0.3, 0.4) is 0 Å². The Kier molecular flexibility index (Phi) is 6.22. The molecule has 17 heavy (non-hydrogen) atoms. The molecule has 0 amide bonds. The smallest absolute Gasteiger partial charge is 0.122 e. The quantitative estimate of drug-likeness (QED) is 0.600. The second-order valence-corrected chi connectivity index (χ2v) is 5.41. The molecule has 0 unspecified atom stereocenters. The fourth-order valence-corrected chi connectivity index (χ4v) is 2.44. The van der Waals surface area contributed by atoms with Crippen LogP contribution in [0, 0.1) is 0 Å². The lowest BCUT2D eigenvalue weighted by atomic mass is 10.3. The lowest BCUT2D eigenvalue weighted by Gasteiger charge is -2.11. The third kappa shape index (κ3) is 5.84. The predicted octanol–water partition coefficient (Wildman–Crippen LogP) is 2.71. The van der Waals surface area contributed by atoms with Gasteiger partial charge in [-0.05, 0) is 32.6 Å². The van der Waals surface area contributed by atoms with Gasteiger partial charge in [-0.15, -0.1) is 11.8 Å². The molecule has 0 fully saturated rings. The predicted molar refractivity (Wildman–Crippen MR) is 75.9 cm³/mol. The van der Waals surface area contributed by atoms with Crippen molar-refractivity contribution in [1.29, 1.82) is 0 Å². The first kappa shape index (κ1) is 14.2. The van der Waals surface area contributed by atoms with E-state index < -0.39 is 0 Å². The van der Waals surface area contributed by atoms with Crippen LogP contribution in [0.25, 0.3) is 0 Å². The van der Waals surface area contributed by atoms with E-state index in [1.165, 1.54) is 4.90 Å². The molecule has 0 radical (unpaired) electrons. The Morgan fingerprint density at radius 2 is 2.06 bits per heavy atom. The van der Waals surface area contributed by atoms with Crippen molar-refractivity contribution in [2.75, 3.05) is 38.7 Å². The Balaban J connectivity index is 2.55. The van der Waals surface area contributed by atoms with Crippen LogP contribution in [0.4, 0.5) is 5.69 Å². The summed E-state index contributed by atoms with van der Waals surface area (Å²) in [5.41, 5.74) is 6.63. The Morgan fingerprint density at radius 1 is 1.29 bits per heavy atom. The Hall–Kier alpha value is -0.870. The van der Waals surface area contributed by atoms with Crippen LogP contribution < -0.4 is 10.5 Å². The minimum absolute atomic E-state index is 0.741. The van der Waals surface area contributed by atoms with Gasteiger partial charge in [0.15, 0.2) is 0 Å². The maximum Gasteiger partial charge on any atom is 0.122 e. The van der Waals surface area contributed by atoms with Crippen LogP contribution in [0.1, 0.15) is 13.3 Å². The first-order chi connectivity index (χ1) is 8.11. The van der Waals surface area contributed by atoms with E-state index in [0.717, 1.165) is 36.8 Å². The fraction of sp³-hybridized carbons (Fsp3) is 0.538. The van der Waals surface area contributed by atoms with Crippen molar-refractivity contribution in [1.82, 2.24) is 4.90 Å². The molecule has 0 bridgehead atoms. The maximum absolute atomic E-state index is 5.86. The number of nitrogens with two attached hydrogens (primary N) is 1. The number of nitrogen functional groups attached to an aromatic ring is 1. The zero-order chi connectivity index (χ0) is 12.7. The molecule has 0 atom stereocenters. The van der Waals surface area contributed by atoms with Crippen LogP contribution >= 0.6 is 11.8 Å². The lowest BCUT2D eigenvalue weighted by molar-refractivity contribution is 0.317. The third-order valence-electron chi connectivity index (χ3n) is 2.18. The second kappa shape index (κ2) is 7.45. The van der Waals surface area contributed by atoms with Gasteiger partial charge in [0.25, 0.3) is 0 Å². The van der Waals surface area contributed by atoms with Crippen LogP contribution in [-0.4, -0.2) is 37.9 Å². The number of nitrogens with zero attached hydrogens (tertiary/aromatic N) is 1. The number of hydrogen-bond acceptors (Lipinski definition) is 4. The molecule has 1 rings (SSSR count). The van der Waals surface area contributed by atoms with Crippen LogP contribution in [0.2, 0.25) is 0 Å². The van der Waals surface area contributed by atoms with E-state index in [2.05, 4.69) is 32.0 Å². The van der Waals surface area contributed by atoms with Gasteiger partial charge < -0.3 is 15.4 Å². The minimum Gasteiger partial charge on any atom is -0.493 e. The molecular formula is C13H22N2OS. The van der Waals surface area contributed by atoms with Crippen molar-refractivity contribution >= 4 is 17.4 Å². The monoisotopic (exact) mass is 254 g/mol. The lowest BCUT2D eigenvalue weighted by Crippen LogP contribution is -2.14. The summed E-state index contributed by atoms with van der Waals surface area (Å²) < 4.78 is 5.60. The van der Waals surface area contributed by atoms with Crippen LogP contribution in [-0.2, 0) is 0 Å². The summed E-state index contributed by atoms with van der Waals surface area (Å²) in [5, 5.41) is 0. The molecule has 0 saturated carbocycles. The number of hydrogen-bond donors (Lipinski definition) is 1. The molecule has 96 valence electrons. The number of thioether (sulfide) groups is 1. The SMILES string of the molecule is CCCOc1cc(N)cc(SCCN(C)C)c1. The molecule has 0 aliphatic rings. The van der Waals surface area contributed by atoms with Crippen molar-refractivity contribution in [2.24, 2.45) is 0 Å². The summed E-state index contributed by atoms with van der Waals surface area (Å²) in [6, 6.07) is 5.94. The molecule has 1 aromatic carbocycles. The molecule has 4 heteroatoms. The average molecular weight is 254 g/mol.